The molecule has 3 aliphatic heterocycles. The number of carbonyl (C=O) groups is 3. The lowest BCUT2D eigenvalue weighted by Gasteiger charge is -2.48. The quantitative estimate of drug-likeness (QED) is 0.477. The number of hydrogen-bond donors (Lipinski definition) is 0. The second-order valence-electron chi connectivity index (χ2n) is 7.23. The Kier molecular flexibility index (Phi) is 3.07. The average molecular weight is 382 g/mol. The van der Waals surface area contributed by atoms with Crippen LogP contribution in [0.1, 0.15) is 32.3 Å². The molecular weight excluding hydrogens is 368 g/mol. The fourth-order valence-corrected chi connectivity index (χ4v) is 4.44. The molecule has 3 aliphatic rings. The van der Waals surface area contributed by atoms with Gasteiger partial charge in [-0.15, -0.1) is 0 Å². The molecular formula is C23H14N2O4. The molecule has 0 unspecified atom stereocenters. The Bertz CT molecular complexity index is 1200. The monoisotopic (exact) mass is 382 g/mol. The van der Waals surface area contributed by atoms with E-state index in [1.165, 1.54) is 0 Å². The molecule has 0 bridgehead atoms. The summed E-state index contributed by atoms with van der Waals surface area (Å²) in [5.41, 5.74) is 2.07. The van der Waals surface area contributed by atoms with E-state index < -0.39 is 23.9 Å². The summed E-state index contributed by atoms with van der Waals surface area (Å²) in [7, 11) is 0. The molecule has 29 heavy (non-hydrogen) atoms. The first kappa shape index (κ1) is 16.1. The Morgan fingerprint density at radius 3 is 1.93 bits per heavy atom. The van der Waals surface area contributed by atoms with E-state index in [0.29, 0.717) is 28.3 Å². The van der Waals surface area contributed by atoms with E-state index in [4.69, 9.17) is 4.74 Å². The minimum Gasteiger partial charge on any atom is -0.455 e. The summed E-state index contributed by atoms with van der Waals surface area (Å²) in [5, 5.41) is 0. The highest BCUT2D eigenvalue weighted by atomic mass is 16.5. The predicted molar refractivity (Wildman–Crippen MR) is 104 cm³/mol. The Morgan fingerprint density at radius 2 is 1.21 bits per heavy atom. The highest BCUT2D eigenvalue weighted by Gasteiger charge is 2.59. The van der Waals surface area contributed by atoms with Crippen LogP contribution in [0.4, 0.5) is 5.69 Å². The molecule has 0 aromatic heterocycles. The van der Waals surface area contributed by atoms with Gasteiger partial charge < -0.3 is 4.74 Å². The molecule has 3 heterocycles. The van der Waals surface area contributed by atoms with Gasteiger partial charge >= 0.3 is 0 Å². The van der Waals surface area contributed by atoms with Crippen LogP contribution in [0.25, 0.3) is 0 Å². The molecule has 2 atom stereocenters. The number of hydrogen-bond acceptors (Lipinski definition) is 4. The Labute approximate surface area is 165 Å². The molecule has 6 rings (SSSR count). The molecule has 1 saturated heterocycles. The highest BCUT2D eigenvalue weighted by Crippen LogP contribution is 2.52. The Hall–Kier alpha value is -3.93. The van der Waals surface area contributed by atoms with E-state index in [9.17, 15) is 14.4 Å². The molecule has 140 valence electrons. The van der Waals surface area contributed by atoms with Crippen molar-refractivity contribution in [1.29, 1.82) is 0 Å². The number of nitrogens with zero attached hydrogens (tertiary/aromatic N) is 2. The van der Waals surface area contributed by atoms with Crippen LogP contribution < -0.4 is 9.64 Å². The summed E-state index contributed by atoms with van der Waals surface area (Å²) in [6.45, 7) is 0. The second-order valence-corrected chi connectivity index (χ2v) is 7.23. The lowest BCUT2D eigenvalue weighted by Crippen LogP contribution is -2.66. The molecule has 0 spiro atoms. The van der Waals surface area contributed by atoms with E-state index in [-0.39, 0.29) is 5.91 Å². The molecule has 0 aliphatic carbocycles. The largest absolute Gasteiger partial charge is 0.455 e. The highest BCUT2D eigenvalue weighted by molar-refractivity contribution is 6.25. The summed E-state index contributed by atoms with van der Waals surface area (Å²) in [4.78, 5) is 42.0. The molecule has 1 fully saturated rings. The van der Waals surface area contributed by atoms with Gasteiger partial charge in [-0.2, -0.15) is 0 Å². The first-order valence-electron chi connectivity index (χ1n) is 9.32. The van der Waals surface area contributed by atoms with E-state index >= 15 is 0 Å². The van der Waals surface area contributed by atoms with Gasteiger partial charge in [0.15, 0.2) is 5.75 Å². The minimum atomic E-state index is -0.904. The van der Waals surface area contributed by atoms with Crippen LogP contribution in [0.2, 0.25) is 0 Å². The van der Waals surface area contributed by atoms with Crippen molar-refractivity contribution in [1.82, 2.24) is 4.90 Å². The Balaban J connectivity index is 1.51. The third kappa shape index (κ3) is 1.97. The number of carbonyl (C=O) groups excluding carboxylic acids is 3. The molecule has 3 aromatic rings. The number of β-lactam (4-membered cyclic amide) rings is 1. The fourth-order valence-electron chi connectivity index (χ4n) is 4.44. The molecule has 3 aromatic carbocycles. The van der Waals surface area contributed by atoms with Gasteiger partial charge in [-0.3, -0.25) is 24.2 Å². The first-order valence-corrected chi connectivity index (χ1v) is 9.32. The SMILES string of the molecule is O=C1c2ccccc2C(=O)N1[C@@H]1C(=O)N2c3ccccc3Oc3ccccc3[C@@H]12. The van der Waals surface area contributed by atoms with E-state index in [1.54, 1.807) is 35.2 Å². The van der Waals surface area contributed by atoms with Gasteiger partial charge in [0.05, 0.1) is 22.9 Å². The number of fused-ring (bicyclic) bond motifs is 6. The molecule has 3 amide bonds. The fraction of sp³-hybridized carbons (Fsp3) is 0.0870. The van der Waals surface area contributed by atoms with E-state index in [2.05, 4.69) is 0 Å². The van der Waals surface area contributed by atoms with Crippen LogP contribution >= 0.6 is 0 Å². The smallest absolute Gasteiger partial charge is 0.262 e. The van der Waals surface area contributed by atoms with Crippen molar-refractivity contribution in [3.8, 4) is 11.5 Å². The number of para-hydroxylation sites is 3. The normalized spacial score (nSPS) is 21.4. The third-order valence-corrected chi connectivity index (χ3v) is 5.75. The zero-order chi connectivity index (χ0) is 19.7. The lowest BCUT2D eigenvalue weighted by atomic mass is 9.86. The van der Waals surface area contributed by atoms with Crippen molar-refractivity contribution < 1.29 is 19.1 Å². The molecule has 0 radical (unpaired) electrons. The van der Waals surface area contributed by atoms with E-state index in [1.807, 2.05) is 42.5 Å². The topological polar surface area (TPSA) is 66.9 Å². The summed E-state index contributed by atoms with van der Waals surface area (Å²) >= 11 is 0. The summed E-state index contributed by atoms with van der Waals surface area (Å²) in [5.74, 6) is 0.0227. The van der Waals surface area contributed by atoms with Crippen molar-refractivity contribution >= 4 is 23.4 Å². The van der Waals surface area contributed by atoms with Crippen molar-refractivity contribution in [3.05, 3.63) is 89.5 Å². The lowest BCUT2D eigenvalue weighted by molar-refractivity contribution is -0.130. The first-order chi connectivity index (χ1) is 14.2. The van der Waals surface area contributed by atoms with Gasteiger partial charge in [0, 0.05) is 5.56 Å². The number of ether oxygens (including phenoxy) is 1. The van der Waals surface area contributed by atoms with Crippen LogP contribution in [0, 0.1) is 0 Å². The van der Waals surface area contributed by atoms with Crippen LogP contribution in [0.3, 0.4) is 0 Å². The minimum absolute atomic E-state index is 0.294. The van der Waals surface area contributed by atoms with Gasteiger partial charge in [-0.05, 0) is 30.3 Å². The number of amides is 3. The zero-order valence-electron chi connectivity index (χ0n) is 15.1. The van der Waals surface area contributed by atoms with Crippen LogP contribution in [-0.2, 0) is 4.79 Å². The van der Waals surface area contributed by atoms with Gasteiger partial charge in [0.1, 0.15) is 11.8 Å². The maximum atomic E-state index is 13.3. The third-order valence-electron chi connectivity index (χ3n) is 5.75. The molecule has 0 N–H and O–H groups in total. The van der Waals surface area contributed by atoms with Crippen molar-refractivity contribution in [2.45, 2.75) is 12.1 Å². The number of rotatable bonds is 1. The number of benzene rings is 3. The standard InChI is InChI=1S/C23H14N2O4/c26-21-13-7-1-2-8-14(13)22(27)25(21)20-19-15-9-3-5-11-17(15)29-18-12-6-4-10-16(18)24(19)23(20)28/h1-12,19-20H/t19-,20-/m0/s1. The summed E-state index contributed by atoms with van der Waals surface area (Å²) in [6.07, 6.45) is 0. The van der Waals surface area contributed by atoms with Crippen molar-refractivity contribution in [2.75, 3.05) is 4.90 Å². The van der Waals surface area contributed by atoms with Crippen LogP contribution in [-0.4, -0.2) is 28.7 Å². The zero-order valence-corrected chi connectivity index (χ0v) is 15.1. The maximum absolute atomic E-state index is 13.3. The molecule has 0 saturated carbocycles. The van der Waals surface area contributed by atoms with Gasteiger partial charge in [-0.25, -0.2) is 0 Å². The summed E-state index contributed by atoms with van der Waals surface area (Å²) in [6, 6.07) is 20.0. The van der Waals surface area contributed by atoms with Crippen LogP contribution in [0.15, 0.2) is 72.8 Å². The number of imide groups is 1. The Morgan fingerprint density at radius 1 is 0.621 bits per heavy atom. The van der Waals surface area contributed by atoms with Crippen molar-refractivity contribution in [2.24, 2.45) is 0 Å². The van der Waals surface area contributed by atoms with Gasteiger partial charge in [-0.1, -0.05) is 42.5 Å². The molecule has 6 nitrogen and oxygen atoms in total. The van der Waals surface area contributed by atoms with E-state index in [0.717, 1.165) is 10.5 Å². The predicted octanol–water partition coefficient (Wildman–Crippen LogP) is 3.55. The maximum Gasteiger partial charge on any atom is 0.262 e. The van der Waals surface area contributed by atoms with Crippen molar-refractivity contribution in [3.63, 3.8) is 0 Å². The van der Waals surface area contributed by atoms with Gasteiger partial charge in [0.25, 0.3) is 17.7 Å². The average Bonchev–Trinajstić information content (AvgIpc) is 2.92. The van der Waals surface area contributed by atoms with Gasteiger partial charge in [0.2, 0.25) is 0 Å². The number of anilines is 1. The summed E-state index contributed by atoms with van der Waals surface area (Å²) < 4.78 is 6.08. The van der Waals surface area contributed by atoms with Crippen LogP contribution in [0.5, 0.6) is 11.5 Å². The molecule has 6 heteroatoms. The second kappa shape index (κ2) is 5.54.